The summed E-state index contributed by atoms with van der Waals surface area (Å²) in [7, 11) is -4.15. The van der Waals surface area contributed by atoms with E-state index in [0.29, 0.717) is 22.0 Å². The van der Waals surface area contributed by atoms with Crippen LogP contribution in [0.3, 0.4) is 0 Å². The first-order chi connectivity index (χ1) is 15.4. The predicted octanol–water partition coefficient (Wildman–Crippen LogP) is 6.92. The Bertz CT molecular complexity index is 1360. The largest absolute Gasteiger partial charge is 0.418 e. The monoisotopic (exact) mass is 492 g/mol. The molecule has 9 heteroatoms. The highest BCUT2D eigenvalue weighted by Gasteiger charge is 2.34. The molecule has 0 saturated carbocycles. The third kappa shape index (κ3) is 4.85. The zero-order chi connectivity index (χ0) is 24.6. The van der Waals surface area contributed by atoms with Crippen molar-refractivity contribution in [1.29, 1.82) is 5.26 Å². The number of allylic oxidation sites excluding steroid dienone is 1. The van der Waals surface area contributed by atoms with Crippen molar-refractivity contribution in [3.8, 4) is 11.8 Å². The van der Waals surface area contributed by atoms with Crippen molar-refractivity contribution < 1.29 is 21.6 Å². The molecule has 1 heterocycles. The van der Waals surface area contributed by atoms with Gasteiger partial charge in [-0.2, -0.15) is 18.4 Å². The topological polar surface area (TPSA) is 62.9 Å². The van der Waals surface area contributed by atoms with Gasteiger partial charge in [-0.05, 0) is 66.9 Å². The zero-order valence-corrected chi connectivity index (χ0v) is 19.6. The highest BCUT2D eigenvalue weighted by Crippen LogP contribution is 2.37. The first-order valence-electron chi connectivity index (χ1n) is 9.89. The Morgan fingerprint density at radius 1 is 1.12 bits per heavy atom. The molecule has 0 atom stereocenters. The number of para-hydroxylation sites is 1. The summed E-state index contributed by atoms with van der Waals surface area (Å²) in [5.74, 6) is -0.175. The van der Waals surface area contributed by atoms with Crippen LogP contribution >= 0.6 is 11.6 Å². The van der Waals surface area contributed by atoms with Gasteiger partial charge in [0.15, 0.2) is 0 Å². The fourth-order valence-corrected chi connectivity index (χ4v) is 4.78. The van der Waals surface area contributed by atoms with Crippen LogP contribution in [-0.2, 0) is 16.0 Å². The lowest BCUT2D eigenvalue weighted by Crippen LogP contribution is -2.13. The molecule has 0 bridgehead atoms. The van der Waals surface area contributed by atoms with Crippen molar-refractivity contribution in [2.45, 2.75) is 37.8 Å². The van der Waals surface area contributed by atoms with E-state index in [0.717, 1.165) is 6.07 Å². The number of nitrogens with zero attached hydrogens (tertiary/aromatic N) is 2. The van der Waals surface area contributed by atoms with E-state index in [2.05, 4.69) is 0 Å². The molecule has 0 aliphatic heterocycles. The fourth-order valence-electron chi connectivity index (χ4n) is 3.50. The van der Waals surface area contributed by atoms with Gasteiger partial charge in [0.05, 0.1) is 16.1 Å². The van der Waals surface area contributed by atoms with Crippen LogP contribution in [0, 0.1) is 18.3 Å². The first kappa shape index (κ1) is 24.6. The van der Waals surface area contributed by atoms with Crippen molar-refractivity contribution in [3.63, 3.8) is 0 Å². The van der Waals surface area contributed by atoms with Gasteiger partial charge < -0.3 is 4.57 Å². The van der Waals surface area contributed by atoms with Gasteiger partial charge in [0.25, 0.3) is 0 Å². The van der Waals surface area contributed by atoms with Gasteiger partial charge in [-0.25, -0.2) is 8.42 Å². The SMILES string of the molecule is Cc1c(/C=C(\C#N)S(=O)(=O)c2ccc(Cl)cc2)cc(C(C)C)n1-c1ccccc1C(F)(F)F. The summed E-state index contributed by atoms with van der Waals surface area (Å²) in [6.45, 7) is 5.24. The third-order valence-corrected chi connectivity index (χ3v) is 7.10. The van der Waals surface area contributed by atoms with Gasteiger partial charge in [0.1, 0.15) is 11.0 Å². The maximum atomic E-state index is 13.7. The van der Waals surface area contributed by atoms with Gasteiger partial charge in [0, 0.05) is 16.4 Å². The Hall–Kier alpha value is -3.02. The van der Waals surface area contributed by atoms with Crippen LogP contribution in [0.4, 0.5) is 13.2 Å². The van der Waals surface area contributed by atoms with Crippen LogP contribution < -0.4 is 0 Å². The molecule has 0 amide bonds. The molecule has 33 heavy (non-hydrogen) atoms. The normalized spacial score (nSPS) is 12.8. The number of rotatable bonds is 5. The molecular weight excluding hydrogens is 473 g/mol. The number of sulfone groups is 1. The number of hydrogen-bond acceptors (Lipinski definition) is 3. The molecule has 172 valence electrons. The van der Waals surface area contributed by atoms with E-state index in [9.17, 15) is 26.9 Å². The second-order valence-electron chi connectivity index (χ2n) is 7.69. The summed E-state index contributed by atoms with van der Waals surface area (Å²) >= 11 is 5.82. The smallest absolute Gasteiger partial charge is 0.317 e. The molecule has 3 aromatic rings. The van der Waals surface area contributed by atoms with Crippen molar-refractivity contribution in [1.82, 2.24) is 4.57 Å². The minimum Gasteiger partial charge on any atom is -0.317 e. The quantitative estimate of drug-likeness (QED) is 0.363. The van der Waals surface area contributed by atoms with Crippen LogP contribution in [0.25, 0.3) is 11.8 Å². The van der Waals surface area contributed by atoms with Crippen LogP contribution in [0.5, 0.6) is 0 Å². The van der Waals surface area contributed by atoms with E-state index < -0.39 is 26.5 Å². The molecule has 1 aromatic heterocycles. The van der Waals surface area contributed by atoms with Gasteiger partial charge in [-0.15, -0.1) is 0 Å². The average molecular weight is 493 g/mol. The van der Waals surface area contributed by atoms with E-state index in [4.69, 9.17) is 11.6 Å². The molecule has 3 rings (SSSR count). The summed E-state index contributed by atoms with van der Waals surface area (Å²) < 4.78 is 68.5. The number of benzene rings is 2. The minimum absolute atomic E-state index is 0.0649. The Balaban J connectivity index is 2.24. The van der Waals surface area contributed by atoms with Crippen molar-refractivity contribution in [3.05, 3.63) is 87.0 Å². The molecule has 0 aliphatic rings. The Labute approximate surface area is 195 Å². The van der Waals surface area contributed by atoms with Crippen molar-refractivity contribution in [2.24, 2.45) is 0 Å². The minimum atomic E-state index is -4.58. The zero-order valence-electron chi connectivity index (χ0n) is 18.0. The Morgan fingerprint density at radius 3 is 2.27 bits per heavy atom. The standard InChI is InChI=1S/C24H20ClF3N2O2S/c1-15(2)23-13-17(12-20(14-29)33(31,32)19-10-8-18(25)9-11-19)16(3)30(23)22-7-5-4-6-21(22)24(26,27)28/h4-13,15H,1-3H3/b20-12+. The molecule has 0 aliphatic carbocycles. The number of alkyl halides is 3. The summed E-state index contributed by atoms with van der Waals surface area (Å²) in [6.07, 6.45) is -3.38. The molecule has 0 fully saturated rings. The van der Waals surface area contributed by atoms with E-state index in [-0.39, 0.29) is 16.5 Å². The summed E-state index contributed by atoms with van der Waals surface area (Å²) in [5.41, 5.74) is 0.399. The maximum absolute atomic E-state index is 13.7. The number of halogens is 4. The van der Waals surface area contributed by atoms with E-state index in [1.807, 2.05) is 13.8 Å². The van der Waals surface area contributed by atoms with Crippen LogP contribution in [0.2, 0.25) is 5.02 Å². The summed E-state index contributed by atoms with van der Waals surface area (Å²) in [6, 6.07) is 13.9. The van der Waals surface area contributed by atoms with Gasteiger partial charge in [-0.3, -0.25) is 0 Å². The van der Waals surface area contributed by atoms with Crippen molar-refractivity contribution in [2.75, 3.05) is 0 Å². The van der Waals surface area contributed by atoms with Crippen molar-refractivity contribution >= 4 is 27.5 Å². The predicted molar refractivity (Wildman–Crippen MR) is 122 cm³/mol. The fraction of sp³-hybridized carbons (Fsp3) is 0.208. The number of nitriles is 1. The number of hydrogen-bond donors (Lipinski definition) is 0. The second-order valence-corrected chi connectivity index (χ2v) is 10.0. The van der Waals surface area contributed by atoms with Crippen LogP contribution in [0.1, 0.15) is 42.3 Å². The highest BCUT2D eigenvalue weighted by atomic mass is 35.5. The lowest BCUT2D eigenvalue weighted by atomic mass is 10.1. The first-order valence-corrected chi connectivity index (χ1v) is 11.7. The molecule has 0 spiro atoms. The second kappa shape index (κ2) is 9.08. The lowest BCUT2D eigenvalue weighted by molar-refractivity contribution is -0.137. The van der Waals surface area contributed by atoms with E-state index >= 15 is 0 Å². The summed E-state index contributed by atoms with van der Waals surface area (Å²) in [5, 5.41) is 9.95. The Kier molecular flexibility index (Phi) is 6.78. The molecule has 2 aromatic carbocycles. The summed E-state index contributed by atoms with van der Waals surface area (Å²) in [4.78, 5) is -0.632. The highest BCUT2D eigenvalue weighted by molar-refractivity contribution is 7.95. The lowest BCUT2D eigenvalue weighted by Gasteiger charge is -2.19. The maximum Gasteiger partial charge on any atom is 0.418 e. The molecule has 0 saturated heterocycles. The molecular formula is C24H20ClF3N2O2S. The van der Waals surface area contributed by atoms with Crippen LogP contribution in [0.15, 0.2) is 64.4 Å². The molecule has 0 N–H and O–H groups in total. The van der Waals surface area contributed by atoms with E-state index in [1.54, 1.807) is 19.1 Å². The van der Waals surface area contributed by atoms with Gasteiger partial charge in [-0.1, -0.05) is 37.6 Å². The molecule has 0 unspecified atom stereocenters. The number of aromatic nitrogens is 1. The van der Waals surface area contributed by atoms with Gasteiger partial charge >= 0.3 is 6.18 Å². The average Bonchev–Trinajstić information content (AvgIpc) is 3.07. The molecule has 4 nitrogen and oxygen atoms in total. The van der Waals surface area contributed by atoms with E-state index in [1.165, 1.54) is 53.1 Å². The van der Waals surface area contributed by atoms with Crippen LogP contribution in [-0.4, -0.2) is 13.0 Å². The third-order valence-electron chi connectivity index (χ3n) is 5.17. The van der Waals surface area contributed by atoms with Gasteiger partial charge in [0.2, 0.25) is 9.84 Å². The molecule has 0 radical (unpaired) electrons. The Morgan fingerprint density at radius 2 is 1.73 bits per heavy atom.